The van der Waals surface area contributed by atoms with Crippen LogP contribution >= 0.6 is 0 Å². The lowest BCUT2D eigenvalue weighted by Gasteiger charge is -2.23. The third-order valence-electron chi connectivity index (χ3n) is 5.49. The van der Waals surface area contributed by atoms with Crippen molar-refractivity contribution in [2.24, 2.45) is 17.3 Å². The lowest BCUT2D eigenvalue weighted by molar-refractivity contribution is 0.0758. The molecule has 2 aliphatic rings. The summed E-state index contributed by atoms with van der Waals surface area (Å²) in [6.07, 6.45) is 3.26. The van der Waals surface area contributed by atoms with Crippen molar-refractivity contribution in [3.8, 4) is 5.69 Å². The Kier molecular flexibility index (Phi) is 2.71. The first kappa shape index (κ1) is 13.5. The first-order valence-corrected chi connectivity index (χ1v) is 7.73. The van der Waals surface area contributed by atoms with Gasteiger partial charge in [-0.05, 0) is 36.3 Å². The van der Waals surface area contributed by atoms with Crippen molar-refractivity contribution in [1.82, 2.24) is 19.7 Å². The number of hydrogen-bond donors (Lipinski definition) is 0. The van der Waals surface area contributed by atoms with Gasteiger partial charge in [0, 0.05) is 13.1 Å². The zero-order valence-electron chi connectivity index (χ0n) is 13.2. The van der Waals surface area contributed by atoms with Gasteiger partial charge in [0.2, 0.25) is 0 Å². The van der Waals surface area contributed by atoms with Crippen LogP contribution in [0.3, 0.4) is 0 Å². The number of carbonyl (C=O) groups excluding carboxylic acids is 1. The molecular formula is C17H20N4O. The maximum atomic E-state index is 13.0. The summed E-state index contributed by atoms with van der Waals surface area (Å²) in [6, 6.07) is 5.94. The summed E-state index contributed by atoms with van der Waals surface area (Å²) in [7, 11) is 0. The van der Waals surface area contributed by atoms with E-state index in [9.17, 15) is 4.79 Å². The van der Waals surface area contributed by atoms with Crippen LogP contribution in [0.1, 0.15) is 29.8 Å². The van der Waals surface area contributed by atoms with E-state index in [1.807, 2.05) is 30.0 Å². The summed E-state index contributed by atoms with van der Waals surface area (Å²) in [4.78, 5) is 15.0. The van der Waals surface area contributed by atoms with Gasteiger partial charge in [-0.25, -0.2) is 0 Å². The Bertz CT molecular complexity index is 721. The van der Waals surface area contributed by atoms with E-state index in [4.69, 9.17) is 0 Å². The van der Waals surface area contributed by atoms with Crippen LogP contribution in [0.2, 0.25) is 0 Å². The molecule has 4 rings (SSSR count). The predicted molar refractivity (Wildman–Crippen MR) is 82.8 cm³/mol. The lowest BCUT2D eigenvalue weighted by Crippen LogP contribution is -2.33. The molecule has 2 aromatic rings. The molecule has 5 heteroatoms. The van der Waals surface area contributed by atoms with Crippen molar-refractivity contribution in [2.75, 3.05) is 13.1 Å². The Balaban J connectivity index is 1.65. The molecule has 1 aromatic heterocycles. The highest BCUT2D eigenvalue weighted by Gasteiger charge is 2.62. The van der Waals surface area contributed by atoms with Crippen molar-refractivity contribution in [2.45, 2.75) is 20.8 Å². The van der Waals surface area contributed by atoms with Crippen molar-refractivity contribution < 1.29 is 4.79 Å². The Morgan fingerprint density at radius 2 is 1.82 bits per heavy atom. The van der Waals surface area contributed by atoms with Crippen LogP contribution in [0.4, 0.5) is 0 Å². The average Bonchev–Trinajstić information content (AvgIpc) is 2.99. The van der Waals surface area contributed by atoms with Crippen molar-refractivity contribution in [1.29, 1.82) is 0 Å². The van der Waals surface area contributed by atoms with Crippen LogP contribution in [0, 0.1) is 24.2 Å². The van der Waals surface area contributed by atoms with Gasteiger partial charge in [-0.1, -0.05) is 25.5 Å². The topological polar surface area (TPSA) is 51.0 Å². The van der Waals surface area contributed by atoms with E-state index in [1.165, 1.54) is 0 Å². The number of piperidine rings is 1. The molecule has 1 saturated heterocycles. The summed E-state index contributed by atoms with van der Waals surface area (Å²) in [5.74, 6) is 1.45. The fraction of sp³-hybridized carbons (Fsp3) is 0.471. The molecule has 1 aliphatic carbocycles. The predicted octanol–water partition coefficient (Wildman–Crippen LogP) is 2.30. The van der Waals surface area contributed by atoms with Gasteiger partial charge >= 0.3 is 0 Å². The summed E-state index contributed by atoms with van der Waals surface area (Å²) < 4.78 is 1.80. The maximum Gasteiger partial charge on any atom is 0.256 e. The molecule has 1 aromatic carbocycles. The van der Waals surface area contributed by atoms with Crippen LogP contribution in [-0.2, 0) is 0 Å². The maximum absolute atomic E-state index is 13.0. The normalized spacial score (nSPS) is 25.1. The van der Waals surface area contributed by atoms with Crippen LogP contribution in [0.5, 0.6) is 0 Å². The number of benzene rings is 1. The Morgan fingerprint density at radius 1 is 1.18 bits per heavy atom. The smallest absolute Gasteiger partial charge is 0.256 e. The average molecular weight is 296 g/mol. The van der Waals surface area contributed by atoms with Gasteiger partial charge in [0.15, 0.2) is 0 Å². The number of hydrogen-bond acceptors (Lipinski definition) is 3. The van der Waals surface area contributed by atoms with Crippen LogP contribution in [-0.4, -0.2) is 38.7 Å². The second-order valence-corrected chi connectivity index (χ2v) is 7.13. The third kappa shape index (κ3) is 1.88. The highest BCUT2D eigenvalue weighted by molar-refractivity contribution is 5.98. The van der Waals surface area contributed by atoms with Gasteiger partial charge < -0.3 is 4.90 Å². The molecule has 0 N–H and O–H groups in total. The Hall–Kier alpha value is -2.17. The summed E-state index contributed by atoms with van der Waals surface area (Å²) in [5, 5.41) is 7.69. The number of aromatic nitrogens is 3. The van der Waals surface area contributed by atoms with E-state index in [0.29, 0.717) is 17.3 Å². The lowest BCUT2D eigenvalue weighted by atomic mass is 10.0. The van der Waals surface area contributed by atoms with E-state index < -0.39 is 0 Å². The molecule has 1 amide bonds. The third-order valence-corrected chi connectivity index (χ3v) is 5.49. The molecule has 0 radical (unpaired) electrons. The first-order valence-electron chi connectivity index (χ1n) is 7.73. The van der Waals surface area contributed by atoms with Crippen molar-refractivity contribution in [3.63, 3.8) is 0 Å². The molecule has 114 valence electrons. The van der Waals surface area contributed by atoms with E-state index in [0.717, 1.165) is 29.9 Å². The van der Waals surface area contributed by atoms with Crippen molar-refractivity contribution in [3.05, 3.63) is 42.0 Å². The Labute approximate surface area is 130 Å². The minimum Gasteiger partial charge on any atom is -0.338 e. The number of likely N-dealkylation sites (tertiary alicyclic amines) is 1. The molecule has 0 spiro atoms. The standard InChI is InChI=1S/C17H20N4O/c1-11-4-5-15(21-9-18-19-10-21)12(6-11)16(22)20-7-13-14(8-20)17(13,2)3/h4-6,9-10,13-14H,7-8H2,1-3H3. The van der Waals surface area contributed by atoms with Crippen LogP contribution in [0.25, 0.3) is 5.69 Å². The van der Waals surface area contributed by atoms with E-state index in [1.54, 1.807) is 17.2 Å². The highest BCUT2D eigenvalue weighted by atomic mass is 16.2. The number of amides is 1. The van der Waals surface area contributed by atoms with Crippen molar-refractivity contribution >= 4 is 5.91 Å². The van der Waals surface area contributed by atoms with Crippen LogP contribution in [0.15, 0.2) is 30.9 Å². The number of rotatable bonds is 2. The SMILES string of the molecule is Cc1ccc(-n2cnnc2)c(C(=O)N2CC3C(C2)C3(C)C)c1. The number of carbonyl (C=O) groups is 1. The molecule has 2 heterocycles. The molecule has 2 fully saturated rings. The van der Waals surface area contributed by atoms with Gasteiger partial charge in [-0.15, -0.1) is 10.2 Å². The number of fused-ring (bicyclic) bond motifs is 1. The van der Waals surface area contributed by atoms with E-state index in [-0.39, 0.29) is 5.91 Å². The highest BCUT2D eigenvalue weighted by Crippen LogP contribution is 2.62. The Morgan fingerprint density at radius 3 is 2.45 bits per heavy atom. The quantitative estimate of drug-likeness (QED) is 0.854. The van der Waals surface area contributed by atoms with Gasteiger partial charge in [-0.3, -0.25) is 9.36 Å². The second-order valence-electron chi connectivity index (χ2n) is 7.13. The van der Waals surface area contributed by atoms with E-state index >= 15 is 0 Å². The molecule has 2 unspecified atom stereocenters. The van der Waals surface area contributed by atoms with Gasteiger partial charge in [0.05, 0.1) is 11.3 Å². The monoisotopic (exact) mass is 296 g/mol. The molecule has 0 bridgehead atoms. The molecule has 5 nitrogen and oxygen atoms in total. The molecular weight excluding hydrogens is 276 g/mol. The van der Waals surface area contributed by atoms with Gasteiger partial charge in [0.25, 0.3) is 5.91 Å². The molecule has 22 heavy (non-hydrogen) atoms. The largest absolute Gasteiger partial charge is 0.338 e. The zero-order valence-corrected chi connectivity index (χ0v) is 13.2. The number of nitrogens with zero attached hydrogens (tertiary/aromatic N) is 4. The van der Waals surface area contributed by atoms with Gasteiger partial charge in [0.1, 0.15) is 12.7 Å². The second kappa shape index (κ2) is 4.41. The minimum absolute atomic E-state index is 0.121. The summed E-state index contributed by atoms with van der Waals surface area (Å²) in [6.45, 7) is 8.38. The molecule has 1 saturated carbocycles. The van der Waals surface area contributed by atoms with Gasteiger partial charge in [-0.2, -0.15) is 0 Å². The van der Waals surface area contributed by atoms with E-state index in [2.05, 4.69) is 24.0 Å². The summed E-state index contributed by atoms with van der Waals surface area (Å²) >= 11 is 0. The zero-order chi connectivity index (χ0) is 15.5. The number of aryl methyl sites for hydroxylation is 1. The minimum atomic E-state index is 0.121. The molecule has 2 atom stereocenters. The fourth-order valence-electron chi connectivity index (χ4n) is 3.84. The van der Waals surface area contributed by atoms with Crippen LogP contribution < -0.4 is 0 Å². The fourth-order valence-corrected chi connectivity index (χ4v) is 3.84. The molecule has 1 aliphatic heterocycles. The first-order chi connectivity index (χ1) is 10.5. The summed E-state index contributed by atoms with van der Waals surface area (Å²) in [5.41, 5.74) is 3.09.